The molecule has 1 aromatic carbocycles. The number of ketones is 1. The highest BCUT2D eigenvalue weighted by Gasteiger charge is 2.56. The van der Waals surface area contributed by atoms with Crippen molar-refractivity contribution < 1.29 is 23.9 Å². The maximum atomic E-state index is 13.9. The number of methoxy groups -OCH3 is 1. The van der Waals surface area contributed by atoms with Crippen molar-refractivity contribution in [3.8, 4) is 0 Å². The molecule has 3 aliphatic heterocycles. The number of likely N-dealkylation sites (tertiary alicyclic amines) is 1. The molecular formula is C26H35N7O5. The van der Waals surface area contributed by atoms with Crippen molar-refractivity contribution in [1.82, 2.24) is 15.1 Å². The van der Waals surface area contributed by atoms with Gasteiger partial charge in [-0.15, -0.1) is 0 Å². The Bertz CT molecular complexity index is 1090. The topological polar surface area (TPSA) is 140 Å². The van der Waals surface area contributed by atoms with Crippen LogP contribution in [0.4, 0.5) is 5.69 Å². The third kappa shape index (κ3) is 5.09. The van der Waals surface area contributed by atoms with Crippen LogP contribution in [0.2, 0.25) is 0 Å². The molecular weight excluding hydrogens is 490 g/mol. The van der Waals surface area contributed by atoms with E-state index >= 15 is 0 Å². The van der Waals surface area contributed by atoms with E-state index in [2.05, 4.69) is 25.1 Å². The molecule has 5 rings (SSSR count). The average molecular weight is 526 g/mol. The van der Waals surface area contributed by atoms with E-state index in [0.717, 1.165) is 57.9 Å². The van der Waals surface area contributed by atoms with Gasteiger partial charge in [0.15, 0.2) is 5.78 Å². The molecule has 1 aliphatic carbocycles. The summed E-state index contributed by atoms with van der Waals surface area (Å²) in [6.07, 6.45) is 1.96. The van der Waals surface area contributed by atoms with Gasteiger partial charge in [-0.25, -0.2) is 0 Å². The molecule has 0 unspecified atom stereocenters. The van der Waals surface area contributed by atoms with Crippen LogP contribution in [0.15, 0.2) is 29.4 Å². The molecule has 0 aromatic heterocycles. The maximum absolute atomic E-state index is 13.9. The molecule has 3 heterocycles. The summed E-state index contributed by atoms with van der Waals surface area (Å²) < 4.78 is 10.7. The third-order valence-electron chi connectivity index (χ3n) is 8.32. The maximum Gasteiger partial charge on any atom is 0.252 e. The number of rotatable bonds is 8. The fourth-order valence-corrected chi connectivity index (χ4v) is 6.22. The van der Waals surface area contributed by atoms with Crippen LogP contribution in [-0.2, 0) is 19.1 Å². The quantitative estimate of drug-likeness (QED) is 0.307. The molecule has 1 saturated carbocycles. The fraction of sp³-hybridized carbons (Fsp3) is 0.654. The number of nitrogens with zero attached hydrogens (tertiary/aromatic N) is 6. The Labute approximate surface area is 221 Å². The molecule has 12 nitrogen and oxygen atoms in total. The van der Waals surface area contributed by atoms with Gasteiger partial charge in [-0.05, 0) is 42.6 Å². The second kappa shape index (κ2) is 11.3. The van der Waals surface area contributed by atoms with Gasteiger partial charge in [0.05, 0.1) is 18.8 Å². The molecule has 3 atom stereocenters. The van der Waals surface area contributed by atoms with Crippen LogP contribution in [0, 0.1) is 0 Å². The van der Waals surface area contributed by atoms with Crippen LogP contribution >= 0.6 is 0 Å². The number of carbonyl (C=O) groups is 3. The molecule has 12 heteroatoms. The zero-order chi connectivity index (χ0) is 26.7. The molecule has 0 bridgehead atoms. The highest BCUT2D eigenvalue weighted by atomic mass is 16.5. The Kier molecular flexibility index (Phi) is 7.85. The second-order valence-electron chi connectivity index (χ2n) is 10.5. The van der Waals surface area contributed by atoms with Crippen molar-refractivity contribution >= 4 is 23.3 Å². The van der Waals surface area contributed by atoms with Crippen LogP contribution in [-0.4, -0.2) is 111 Å². The normalized spacial score (nSPS) is 26.8. The summed E-state index contributed by atoms with van der Waals surface area (Å²) in [5, 5.41) is 6.80. The highest BCUT2D eigenvalue weighted by Crippen LogP contribution is 2.37. The van der Waals surface area contributed by atoms with Gasteiger partial charge in [0.1, 0.15) is 18.2 Å². The molecule has 0 spiro atoms. The van der Waals surface area contributed by atoms with Gasteiger partial charge in [0.2, 0.25) is 5.91 Å². The molecule has 1 N–H and O–H groups in total. The average Bonchev–Trinajstić information content (AvgIpc) is 3.66. The van der Waals surface area contributed by atoms with Gasteiger partial charge < -0.3 is 24.6 Å². The molecule has 38 heavy (non-hydrogen) atoms. The minimum Gasteiger partial charge on any atom is -0.383 e. The Balaban J connectivity index is 1.26. The lowest BCUT2D eigenvalue weighted by Gasteiger charge is -2.36. The Morgan fingerprint density at radius 2 is 1.89 bits per heavy atom. The lowest BCUT2D eigenvalue weighted by atomic mass is 9.93. The van der Waals surface area contributed by atoms with E-state index in [1.807, 2.05) is 12.1 Å². The Hall–Kier alpha value is -3.18. The van der Waals surface area contributed by atoms with E-state index in [1.165, 1.54) is 4.90 Å². The van der Waals surface area contributed by atoms with Gasteiger partial charge in [-0.3, -0.25) is 19.3 Å². The smallest absolute Gasteiger partial charge is 0.252 e. The summed E-state index contributed by atoms with van der Waals surface area (Å²) in [6.45, 7) is 5.39. The van der Waals surface area contributed by atoms with Gasteiger partial charge in [0, 0.05) is 62.5 Å². The SMILES string of the molecule is COCCN1CCN(c2ccc(C(=O)NC3(C(=O)N4C[C@@H](N=[N+]=[N-])[C@H]5OCC(=O)[C@H]54)CCCC3)cc2)CC1. The van der Waals surface area contributed by atoms with Crippen molar-refractivity contribution in [2.24, 2.45) is 5.11 Å². The second-order valence-corrected chi connectivity index (χ2v) is 10.5. The lowest BCUT2D eigenvalue weighted by Crippen LogP contribution is -2.60. The highest BCUT2D eigenvalue weighted by molar-refractivity contribution is 6.01. The van der Waals surface area contributed by atoms with Crippen LogP contribution in [0.3, 0.4) is 0 Å². The largest absolute Gasteiger partial charge is 0.383 e. The number of anilines is 1. The first-order valence-electron chi connectivity index (χ1n) is 13.3. The number of hydrogen-bond acceptors (Lipinski definition) is 8. The van der Waals surface area contributed by atoms with Crippen LogP contribution < -0.4 is 10.2 Å². The molecule has 2 amide bonds. The van der Waals surface area contributed by atoms with Crippen LogP contribution in [0.1, 0.15) is 36.0 Å². The molecule has 4 fully saturated rings. The number of carbonyl (C=O) groups excluding carboxylic acids is 3. The fourth-order valence-electron chi connectivity index (χ4n) is 6.22. The van der Waals surface area contributed by atoms with Crippen LogP contribution in [0.25, 0.3) is 10.4 Å². The zero-order valence-electron chi connectivity index (χ0n) is 21.8. The predicted octanol–water partition coefficient (Wildman–Crippen LogP) is 1.36. The minimum atomic E-state index is -1.09. The standard InChI is InChI=1S/C26H35N7O5/c1-37-15-14-31-10-12-32(13-11-31)19-6-4-18(5-7-19)24(35)28-26(8-2-3-9-26)25(36)33-16-20(29-30-27)23-22(33)21(34)17-38-23/h4-7,20,22-23H,2-3,8-17H2,1H3,(H,28,35)/t20-,22-,23-/m1/s1. The number of nitrogens with one attached hydrogen (secondary N) is 1. The summed E-state index contributed by atoms with van der Waals surface area (Å²) in [5.41, 5.74) is 9.39. The van der Waals surface area contributed by atoms with Crippen molar-refractivity contribution in [2.45, 2.75) is 49.4 Å². The van der Waals surface area contributed by atoms with Gasteiger partial charge in [-0.1, -0.05) is 18.0 Å². The summed E-state index contributed by atoms with van der Waals surface area (Å²) >= 11 is 0. The molecule has 3 saturated heterocycles. The van der Waals surface area contributed by atoms with E-state index in [-0.39, 0.29) is 30.7 Å². The number of ether oxygens (including phenoxy) is 2. The number of Topliss-reactive ketones (excluding diaryl/α,β-unsaturated/α-hetero) is 1. The number of piperazine rings is 1. The number of hydrogen-bond donors (Lipinski definition) is 1. The summed E-state index contributed by atoms with van der Waals surface area (Å²) in [7, 11) is 1.72. The summed E-state index contributed by atoms with van der Waals surface area (Å²) in [5.74, 6) is -0.808. The Morgan fingerprint density at radius 1 is 1.18 bits per heavy atom. The van der Waals surface area contributed by atoms with Gasteiger partial charge in [-0.2, -0.15) is 0 Å². The number of amides is 2. The zero-order valence-corrected chi connectivity index (χ0v) is 21.8. The van der Waals surface area contributed by atoms with E-state index in [4.69, 9.17) is 15.0 Å². The van der Waals surface area contributed by atoms with Crippen molar-refractivity contribution in [3.05, 3.63) is 40.3 Å². The predicted molar refractivity (Wildman–Crippen MR) is 139 cm³/mol. The van der Waals surface area contributed by atoms with Crippen molar-refractivity contribution in [2.75, 3.05) is 64.5 Å². The summed E-state index contributed by atoms with van der Waals surface area (Å²) in [6, 6.07) is 6.10. The van der Waals surface area contributed by atoms with Gasteiger partial charge in [0.25, 0.3) is 5.91 Å². The van der Waals surface area contributed by atoms with Crippen LogP contribution in [0.5, 0.6) is 0 Å². The number of fused-ring (bicyclic) bond motifs is 1. The number of benzene rings is 1. The van der Waals surface area contributed by atoms with Crippen molar-refractivity contribution in [1.29, 1.82) is 0 Å². The first-order chi connectivity index (χ1) is 18.5. The van der Waals surface area contributed by atoms with E-state index in [0.29, 0.717) is 18.4 Å². The van der Waals surface area contributed by atoms with E-state index in [9.17, 15) is 14.4 Å². The van der Waals surface area contributed by atoms with E-state index < -0.39 is 23.7 Å². The molecule has 4 aliphatic rings. The first-order valence-corrected chi connectivity index (χ1v) is 13.3. The number of azide groups is 1. The van der Waals surface area contributed by atoms with Crippen molar-refractivity contribution in [3.63, 3.8) is 0 Å². The van der Waals surface area contributed by atoms with E-state index in [1.54, 1.807) is 19.2 Å². The van der Waals surface area contributed by atoms with Gasteiger partial charge >= 0.3 is 0 Å². The first kappa shape index (κ1) is 26.4. The third-order valence-corrected chi connectivity index (χ3v) is 8.32. The minimum absolute atomic E-state index is 0.106. The monoisotopic (exact) mass is 525 g/mol. The molecule has 0 radical (unpaired) electrons. The molecule has 204 valence electrons. The summed E-state index contributed by atoms with van der Waals surface area (Å²) in [4.78, 5) is 48.8. The molecule has 1 aromatic rings. The Morgan fingerprint density at radius 3 is 2.55 bits per heavy atom. The lowest BCUT2D eigenvalue weighted by molar-refractivity contribution is -0.142.